The van der Waals surface area contributed by atoms with Gasteiger partial charge in [-0.05, 0) is 68.0 Å². The molecule has 2 rings (SSSR count). The molecule has 2 aromatic rings. The summed E-state index contributed by atoms with van der Waals surface area (Å²) >= 11 is 0. The highest BCUT2D eigenvalue weighted by atomic mass is 16.5. The molecular weight excluding hydrogens is 635 g/mol. The zero-order chi connectivity index (χ0) is 38.4. The van der Waals surface area contributed by atoms with Crippen LogP contribution >= 0.6 is 0 Å². The van der Waals surface area contributed by atoms with Crippen molar-refractivity contribution in [1.82, 2.24) is 0 Å². The normalized spacial score (nSPS) is 9.00. The summed E-state index contributed by atoms with van der Waals surface area (Å²) in [6.07, 6.45) is 9.56. The van der Waals surface area contributed by atoms with E-state index < -0.39 is 11.4 Å². The number of aryl methyl sites for hydroxylation is 1. The Hall–Kier alpha value is -6.25. The number of methoxy groups -OCH3 is 1. The van der Waals surface area contributed by atoms with Crippen LogP contribution in [0.15, 0.2) is 59.4 Å². The third-order valence-electron chi connectivity index (χ3n) is 7.63. The standard InChI is InChI=1S/C20H24N4.C15H25NO.C6N4/c1-4-6-10-24(11-7-5-2)18-8-9-19(16(3)12-18)20(15-23)17(13-21)14-22;1-4-6-11-16(12-7-5-2)14-9-8-10-15(13-14)17-3;1-9-6(10-2)5(3-7)4-8/h8-9,12H,4-7,10-11H2,1-3H3;8-10,13H,4-7,11-12H2,1-3H3;. The molecule has 0 atom stereocenters. The smallest absolute Gasteiger partial charge is 0.497 e. The average Bonchev–Trinajstić information content (AvgIpc) is 3.16. The zero-order valence-electron chi connectivity index (χ0n) is 31.0. The second-order valence-electron chi connectivity index (χ2n) is 11.3. The Morgan fingerprint density at radius 1 is 0.647 bits per heavy atom. The third kappa shape index (κ3) is 16.1. The van der Waals surface area contributed by atoms with Gasteiger partial charge in [-0.3, -0.25) is 0 Å². The van der Waals surface area contributed by atoms with Crippen LogP contribution < -0.4 is 14.5 Å². The van der Waals surface area contributed by atoms with Crippen LogP contribution in [0.5, 0.6) is 5.75 Å². The Labute approximate surface area is 306 Å². The number of nitrogens with zero attached hydrogens (tertiary/aromatic N) is 9. The summed E-state index contributed by atoms with van der Waals surface area (Å²) < 4.78 is 5.29. The van der Waals surface area contributed by atoms with E-state index in [9.17, 15) is 5.26 Å². The maximum Gasteiger partial charge on any atom is 0.548 e. The van der Waals surface area contributed by atoms with Crippen molar-refractivity contribution in [3.63, 3.8) is 0 Å². The number of allylic oxidation sites excluding steroid dienone is 3. The second kappa shape index (κ2) is 27.7. The summed E-state index contributed by atoms with van der Waals surface area (Å²) in [7, 11) is 1.72. The molecular formula is C41H49N9O. The molecule has 51 heavy (non-hydrogen) atoms. The molecule has 10 nitrogen and oxygen atoms in total. The number of hydrogen-bond donors (Lipinski definition) is 0. The van der Waals surface area contributed by atoms with Gasteiger partial charge in [0.05, 0.1) is 12.7 Å². The van der Waals surface area contributed by atoms with Crippen LogP contribution in [0.3, 0.4) is 0 Å². The molecule has 0 fully saturated rings. The summed E-state index contributed by atoms with van der Waals surface area (Å²) in [5, 5.41) is 43.7. The Morgan fingerprint density at radius 3 is 1.43 bits per heavy atom. The van der Waals surface area contributed by atoms with Crippen molar-refractivity contribution < 1.29 is 4.74 Å². The lowest BCUT2D eigenvalue weighted by molar-refractivity contribution is 0.414. The van der Waals surface area contributed by atoms with Gasteiger partial charge in [-0.2, -0.15) is 36.0 Å². The molecule has 0 aliphatic heterocycles. The fourth-order valence-electron chi connectivity index (χ4n) is 4.72. The van der Waals surface area contributed by atoms with Crippen LogP contribution in [0, 0.1) is 76.7 Å². The van der Waals surface area contributed by atoms with E-state index >= 15 is 0 Å². The molecule has 0 bridgehead atoms. The van der Waals surface area contributed by atoms with E-state index in [1.807, 2.05) is 49.4 Å². The largest absolute Gasteiger partial charge is 0.548 e. The monoisotopic (exact) mass is 683 g/mol. The van der Waals surface area contributed by atoms with E-state index in [1.54, 1.807) is 7.11 Å². The predicted octanol–water partition coefficient (Wildman–Crippen LogP) is 9.91. The first-order chi connectivity index (χ1) is 24.7. The minimum Gasteiger partial charge on any atom is -0.497 e. The van der Waals surface area contributed by atoms with Gasteiger partial charge in [0.2, 0.25) is 5.57 Å². The van der Waals surface area contributed by atoms with Gasteiger partial charge in [-0.25, -0.2) is 0 Å². The molecule has 0 unspecified atom stereocenters. The van der Waals surface area contributed by atoms with Gasteiger partial charge in [0, 0.05) is 43.6 Å². The molecule has 0 aliphatic rings. The fraction of sp³-hybridized carbons (Fsp3) is 0.439. The van der Waals surface area contributed by atoms with Crippen LogP contribution in [-0.4, -0.2) is 33.3 Å². The Morgan fingerprint density at radius 2 is 1.10 bits per heavy atom. The molecule has 0 saturated heterocycles. The molecule has 0 spiro atoms. The summed E-state index contributed by atoms with van der Waals surface area (Å²) in [6.45, 7) is 27.8. The number of rotatable bonds is 16. The summed E-state index contributed by atoms with van der Waals surface area (Å²) in [6, 6.07) is 22.8. The minimum atomic E-state index is -0.468. The summed E-state index contributed by atoms with van der Waals surface area (Å²) in [5.74, 6) is 0.477. The molecule has 0 heterocycles. The van der Waals surface area contributed by atoms with Gasteiger partial charge in [0.15, 0.2) is 0 Å². The van der Waals surface area contributed by atoms with Crippen LogP contribution in [0.1, 0.15) is 90.2 Å². The molecule has 264 valence electrons. The zero-order valence-corrected chi connectivity index (χ0v) is 31.0. The molecule has 0 aliphatic carbocycles. The highest BCUT2D eigenvalue weighted by Crippen LogP contribution is 2.27. The number of benzene rings is 2. The van der Waals surface area contributed by atoms with Crippen molar-refractivity contribution in [2.75, 3.05) is 43.1 Å². The summed E-state index contributed by atoms with van der Waals surface area (Å²) in [5.41, 5.74) is 3.57. The van der Waals surface area contributed by atoms with Crippen LogP contribution in [-0.2, 0) is 0 Å². The van der Waals surface area contributed by atoms with Gasteiger partial charge < -0.3 is 14.5 Å². The Kier molecular flexibility index (Phi) is 24.3. The molecule has 0 aromatic heterocycles. The lowest BCUT2D eigenvalue weighted by atomic mass is 9.97. The third-order valence-corrected chi connectivity index (χ3v) is 7.63. The number of nitriles is 5. The average molecular weight is 684 g/mol. The van der Waals surface area contributed by atoms with Crippen molar-refractivity contribution in [3.8, 4) is 36.1 Å². The topological polar surface area (TPSA) is 143 Å². The Bertz CT molecular complexity index is 1640. The molecule has 0 saturated carbocycles. The Balaban J connectivity index is 0.000000804. The predicted molar refractivity (Wildman–Crippen MR) is 203 cm³/mol. The molecule has 0 radical (unpaired) electrons. The van der Waals surface area contributed by atoms with Gasteiger partial charge in [0.1, 0.15) is 54.8 Å². The van der Waals surface area contributed by atoms with Gasteiger partial charge in [-0.15, -0.1) is 0 Å². The van der Waals surface area contributed by atoms with Crippen LogP contribution in [0.25, 0.3) is 15.3 Å². The van der Waals surface area contributed by atoms with Crippen molar-refractivity contribution in [2.45, 2.75) is 86.0 Å². The number of anilines is 2. The van der Waals surface area contributed by atoms with Gasteiger partial charge in [0.25, 0.3) is 0 Å². The molecule has 10 heteroatoms. The van der Waals surface area contributed by atoms with Gasteiger partial charge >= 0.3 is 5.82 Å². The summed E-state index contributed by atoms with van der Waals surface area (Å²) in [4.78, 5) is 10.2. The lowest BCUT2D eigenvalue weighted by Gasteiger charge is -2.25. The second-order valence-corrected chi connectivity index (χ2v) is 11.3. The maximum absolute atomic E-state index is 9.33. The van der Waals surface area contributed by atoms with Gasteiger partial charge in [-0.1, -0.05) is 65.5 Å². The number of hydrogen-bond acceptors (Lipinski definition) is 8. The molecule has 0 N–H and O–H groups in total. The van der Waals surface area contributed by atoms with E-state index in [2.05, 4.69) is 65.4 Å². The highest BCUT2D eigenvalue weighted by molar-refractivity contribution is 5.86. The maximum atomic E-state index is 9.33. The van der Waals surface area contributed by atoms with Crippen LogP contribution in [0.2, 0.25) is 0 Å². The number of unbranched alkanes of at least 4 members (excludes halogenated alkanes) is 4. The lowest BCUT2D eigenvalue weighted by Crippen LogP contribution is -2.25. The van der Waals surface area contributed by atoms with E-state index in [4.69, 9.17) is 38.9 Å². The van der Waals surface area contributed by atoms with E-state index in [-0.39, 0.29) is 11.1 Å². The number of ether oxygens (including phenoxy) is 1. The highest BCUT2D eigenvalue weighted by Gasteiger charge is 2.14. The van der Waals surface area contributed by atoms with Crippen molar-refractivity contribution >= 4 is 16.9 Å². The van der Waals surface area contributed by atoms with E-state index in [1.165, 1.54) is 43.5 Å². The quantitative estimate of drug-likeness (QED) is 0.126. The van der Waals surface area contributed by atoms with Crippen LogP contribution in [0.4, 0.5) is 11.4 Å². The first kappa shape index (κ1) is 44.8. The van der Waals surface area contributed by atoms with Crippen molar-refractivity contribution in [2.24, 2.45) is 0 Å². The first-order valence-corrected chi connectivity index (χ1v) is 17.2. The van der Waals surface area contributed by atoms with E-state index in [0.29, 0.717) is 5.56 Å². The van der Waals surface area contributed by atoms with Crippen molar-refractivity contribution in [3.05, 3.63) is 93.4 Å². The first-order valence-electron chi connectivity index (χ1n) is 17.2. The molecule has 0 amide bonds. The SMILES string of the molecule is CCCCN(CCCC)c1ccc(C(C#N)=C(C#N)C#N)c(C)c1.CCCCN(CCCC)c1cccc(OC)c1.[C-]#[N+]C([N+]#[C-])=C(C#N)C#N. The van der Waals surface area contributed by atoms with E-state index in [0.717, 1.165) is 68.9 Å². The molecule has 2 aromatic carbocycles. The minimum absolute atomic E-state index is 0.137. The van der Waals surface area contributed by atoms with Crippen molar-refractivity contribution in [1.29, 1.82) is 26.3 Å². The fourth-order valence-corrected chi connectivity index (χ4v) is 4.72.